The van der Waals surface area contributed by atoms with Gasteiger partial charge in [-0.25, -0.2) is 0 Å². The largest absolute Gasteiger partial charge is 0.461 e. The van der Waals surface area contributed by atoms with E-state index in [0.717, 1.165) is 0 Å². The third-order valence-electron chi connectivity index (χ3n) is 3.25. The number of hydrogen-bond donors (Lipinski definition) is 0. The van der Waals surface area contributed by atoms with Crippen molar-refractivity contribution in [2.75, 3.05) is 101 Å². The second-order valence-electron chi connectivity index (χ2n) is 5.54. The normalized spacial score (nSPS) is 10.9. The lowest BCUT2D eigenvalue weighted by Crippen LogP contribution is -2.15. The molecule has 0 bridgehead atoms. The van der Waals surface area contributed by atoms with Crippen molar-refractivity contribution in [3.8, 4) is 18.0 Å². The molecule has 0 saturated heterocycles. The van der Waals surface area contributed by atoms with Crippen LogP contribution in [0.1, 0.15) is 0 Å². The van der Waals surface area contributed by atoms with Gasteiger partial charge in [-0.3, -0.25) is 0 Å². The van der Waals surface area contributed by atoms with E-state index in [1.807, 2.05) is 0 Å². The molecule has 30 heavy (non-hydrogen) atoms. The number of ether oxygens (including phenoxy) is 9. The van der Waals surface area contributed by atoms with Gasteiger partial charge in [-0.05, 0) is 0 Å². The Morgan fingerprint density at radius 2 is 0.667 bits per heavy atom. The van der Waals surface area contributed by atoms with Gasteiger partial charge in [-0.1, -0.05) is 0 Å². The Balaban J connectivity index is 2.47. The molecule has 0 spiro atoms. The van der Waals surface area contributed by atoms with Gasteiger partial charge in [-0.15, -0.1) is 15.0 Å². The van der Waals surface area contributed by atoms with Crippen LogP contribution in [0.3, 0.4) is 0 Å². The predicted octanol–water partition coefficient (Wildman–Crippen LogP) is -0.00300. The molecule has 1 rings (SSSR count). The summed E-state index contributed by atoms with van der Waals surface area (Å²) in [6.07, 6.45) is 0. The van der Waals surface area contributed by atoms with Gasteiger partial charge in [0.1, 0.15) is 19.8 Å². The van der Waals surface area contributed by atoms with Crippen LogP contribution < -0.4 is 14.2 Å². The van der Waals surface area contributed by atoms with E-state index < -0.39 is 0 Å². The molecule has 0 unspecified atom stereocenters. The highest BCUT2D eigenvalue weighted by Crippen LogP contribution is 2.14. The molecule has 0 amide bonds. The Labute approximate surface area is 177 Å². The van der Waals surface area contributed by atoms with Gasteiger partial charge < -0.3 is 42.6 Å². The summed E-state index contributed by atoms with van der Waals surface area (Å²) < 4.78 is 47.3. The number of rotatable bonds is 21. The van der Waals surface area contributed by atoms with Crippen molar-refractivity contribution in [1.29, 1.82) is 0 Å². The summed E-state index contributed by atoms with van der Waals surface area (Å²) in [5.74, 6) is 0. The molecule has 0 saturated carbocycles. The van der Waals surface area contributed by atoms with Crippen LogP contribution in [0, 0.1) is 0 Å². The van der Waals surface area contributed by atoms with Gasteiger partial charge in [0.25, 0.3) is 0 Å². The maximum Gasteiger partial charge on any atom is 0.325 e. The summed E-state index contributed by atoms with van der Waals surface area (Å²) in [4.78, 5) is 12.3. The van der Waals surface area contributed by atoms with Gasteiger partial charge >= 0.3 is 18.0 Å². The fourth-order valence-electron chi connectivity index (χ4n) is 1.82. The van der Waals surface area contributed by atoms with Crippen molar-refractivity contribution in [2.45, 2.75) is 0 Å². The molecule has 0 aliphatic heterocycles. The van der Waals surface area contributed by atoms with E-state index in [2.05, 4.69) is 15.0 Å². The summed E-state index contributed by atoms with van der Waals surface area (Å²) in [6.45, 7) is 4.84. The average molecular weight is 435 g/mol. The number of aromatic nitrogens is 3. The smallest absolute Gasteiger partial charge is 0.325 e. The van der Waals surface area contributed by atoms with Gasteiger partial charge in [0.05, 0.1) is 59.5 Å². The number of hydrogen-bond acceptors (Lipinski definition) is 12. The monoisotopic (exact) mass is 435 g/mol. The Kier molecular flexibility index (Phi) is 16.7. The fourth-order valence-corrected chi connectivity index (χ4v) is 1.82. The van der Waals surface area contributed by atoms with Crippen LogP contribution >= 0.6 is 0 Å². The second-order valence-corrected chi connectivity index (χ2v) is 5.54. The fraction of sp³-hybridized carbons (Fsp3) is 0.833. The molecule has 1 heterocycles. The minimum atomic E-state index is 0.0749. The maximum absolute atomic E-state index is 5.50. The van der Waals surface area contributed by atoms with E-state index in [-0.39, 0.29) is 37.9 Å². The summed E-state index contributed by atoms with van der Waals surface area (Å²) in [7, 11) is 4.83. The summed E-state index contributed by atoms with van der Waals surface area (Å²) in [5.41, 5.74) is 0. The average Bonchev–Trinajstić information content (AvgIpc) is 2.75. The molecule has 12 heteroatoms. The lowest BCUT2D eigenvalue weighted by molar-refractivity contribution is 0.0474. The van der Waals surface area contributed by atoms with E-state index in [0.29, 0.717) is 59.5 Å². The van der Waals surface area contributed by atoms with Crippen LogP contribution in [0.15, 0.2) is 0 Å². The minimum Gasteiger partial charge on any atom is -0.461 e. The van der Waals surface area contributed by atoms with Crippen LogP contribution in [0.25, 0.3) is 0 Å². The van der Waals surface area contributed by atoms with Gasteiger partial charge in [-0.2, -0.15) is 0 Å². The quantitative estimate of drug-likeness (QED) is 0.242. The molecule has 0 atom stereocenters. The van der Waals surface area contributed by atoms with Gasteiger partial charge in [0, 0.05) is 21.3 Å². The molecule has 0 radical (unpaired) electrons. The van der Waals surface area contributed by atoms with Crippen molar-refractivity contribution < 1.29 is 42.6 Å². The Bertz CT molecular complexity index is 442. The van der Waals surface area contributed by atoms with E-state index in [4.69, 9.17) is 42.6 Å². The van der Waals surface area contributed by atoms with Crippen molar-refractivity contribution in [3.63, 3.8) is 0 Å². The minimum absolute atomic E-state index is 0.0749. The summed E-state index contributed by atoms with van der Waals surface area (Å²) in [6, 6.07) is 0.225. The second kappa shape index (κ2) is 19.2. The molecule has 1 aromatic heterocycles. The first-order valence-corrected chi connectivity index (χ1v) is 9.64. The van der Waals surface area contributed by atoms with Gasteiger partial charge in [0.2, 0.25) is 0 Å². The molecular formula is C18H33N3O9. The Hall–Kier alpha value is -1.83. The van der Waals surface area contributed by atoms with Crippen molar-refractivity contribution in [3.05, 3.63) is 0 Å². The third kappa shape index (κ3) is 14.2. The first-order valence-electron chi connectivity index (χ1n) is 9.64. The topological polar surface area (TPSA) is 122 Å². The van der Waals surface area contributed by atoms with E-state index in [1.54, 1.807) is 21.3 Å². The predicted molar refractivity (Wildman–Crippen MR) is 104 cm³/mol. The molecule has 0 N–H and O–H groups in total. The number of nitrogens with zero attached hydrogens (tertiary/aromatic N) is 3. The maximum atomic E-state index is 5.50. The van der Waals surface area contributed by atoms with E-state index in [9.17, 15) is 0 Å². The Morgan fingerprint density at radius 3 is 0.933 bits per heavy atom. The zero-order chi connectivity index (χ0) is 21.7. The zero-order valence-electron chi connectivity index (χ0n) is 18.0. The molecule has 0 fully saturated rings. The van der Waals surface area contributed by atoms with Crippen LogP contribution in [0.2, 0.25) is 0 Å². The van der Waals surface area contributed by atoms with E-state index in [1.165, 1.54) is 0 Å². The van der Waals surface area contributed by atoms with Crippen molar-refractivity contribution in [1.82, 2.24) is 15.0 Å². The SMILES string of the molecule is COCCOCCOc1nc(OCCOCCOC)nc(OCCOCCOC)n1. The first kappa shape index (κ1) is 26.2. The summed E-state index contributed by atoms with van der Waals surface area (Å²) in [5, 5.41) is 0. The van der Waals surface area contributed by atoms with Crippen molar-refractivity contribution in [2.24, 2.45) is 0 Å². The molecule has 1 aromatic rings. The molecule has 12 nitrogen and oxygen atoms in total. The lowest BCUT2D eigenvalue weighted by Gasteiger charge is -2.10. The highest BCUT2D eigenvalue weighted by atomic mass is 16.6. The van der Waals surface area contributed by atoms with Crippen LogP contribution in [-0.4, -0.2) is 116 Å². The lowest BCUT2D eigenvalue weighted by atomic mass is 10.7. The summed E-state index contributed by atoms with van der Waals surface area (Å²) >= 11 is 0. The van der Waals surface area contributed by atoms with Crippen LogP contribution in [0.4, 0.5) is 0 Å². The standard InChI is InChI=1S/C18H33N3O9/c1-22-4-7-25-10-13-28-16-19-17(29-14-11-26-8-5-23-2)21-18(20-16)30-15-12-27-9-6-24-3/h4-15H2,1-3H3. The van der Waals surface area contributed by atoms with Crippen LogP contribution in [-0.2, 0) is 28.4 Å². The highest BCUT2D eigenvalue weighted by Gasteiger charge is 2.10. The van der Waals surface area contributed by atoms with Crippen molar-refractivity contribution >= 4 is 0 Å². The molecule has 0 aliphatic rings. The number of methoxy groups -OCH3 is 3. The molecule has 0 aliphatic carbocycles. The highest BCUT2D eigenvalue weighted by molar-refractivity contribution is 5.09. The zero-order valence-corrected chi connectivity index (χ0v) is 18.0. The molecular weight excluding hydrogens is 402 g/mol. The Morgan fingerprint density at radius 1 is 0.400 bits per heavy atom. The van der Waals surface area contributed by atoms with Crippen LogP contribution in [0.5, 0.6) is 18.0 Å². The molecule has 0 aromatic carbocycles. The van der Waals surface area contributed by atoms with Gasteiger partial charge in [0.15, 0.2) is 0 Å². The molecule has 174 valence electrons. The first-order chi connectivity index (χ1) is 14.8. The third-order valence-corrected chi connectivity index (χ3v) is 3.25. The van der Waals surface area contributed by atoms with E-state index >= 15 is 0 Å².